The van der Waals surface area contributed by atoms with Crippen molar-refractivity contribution < 1.29 is 4.79 Å². The number of aryl methyl sites for hydroxylation is 1. The van der Waals surface area contributed by atoms with Gasteiger partial charge in [-0.2, -0.15) is 0 Å². The Labute approximate surface area is 141 Å². The molecule has 0 spiro atoms. The number of pyridine rings is 2. The normalized spacial score (nSPS) is 11.8. The van der Waals surface area contributed by atoms with E-state index in [9.17, 15) is 4.79 Å². The van der Waals surface area contributed by atoms with Crippen LogP contribution in [0, 0.1) is 6.92 Å². The third-order valence-corrected chi connectivity index (χ3v) is 3.93. The Bertz CT molecular complexity index is 832. The van der Waals surface area contributed by atoms with Gasteiger partial charge in [0.2, 0.25) is 0 Å². The van der Waals surface area contributed by atoms with Crippen LogP contribution in [-0.4, -0.2) is 15.9 Å². The van der Waals surface area contributed by atoms with Gasteiger partial charge in [-0.05, 0) is 37.6 Å². The highest BCUT2D eigenvalue weighted by Gasteiger charge is 2.15. The molecule has 1 unspecified atom stereocenters. The molecule has 2 heterocycles. The number of benzene rings is 1. The van der Waals surface area contributed by atoms with Crippen LogP contribution >= 0.6 is 0 Å². The first-order chi connectivity index (χ1) is 11.6. The predicted molar refractivity (Wildman–Crippen MR) is 94.5 cm³/mol. The second-order valence-electron chi connectivity index (χ2n) is 5.68. The third-order valence-electron chi connectivity index (χ3n) is 3.93. The van der Waals surface area contributed by atoms with E-state index in [1.807, 2.05) is 68.4 Å². The van der Waals surface area contributed by atoms with Crippen LogP contribution in [0.1, 0.15) is 34.6 Å². The van der Waals surface area contributed by atoms with Gasteiger partial charge in [-0.15, -0.1) is 0 Å². The van der Waals surface area contributed by atoms with Gasteiger partial charge >= 0.3 is 0 Å². The third kappa shape index (κ3) is 3.49. The molecule has 3 aromatic rings. The highest BCUT2D eigenvalue weighted by atomic mass is 16.1. The first-order valence-electron chi connectivity index (χ1n) is 7.89. The van der Waals surface area contributed by atoms with Crippen LogP contribution in [0.4, 0.5) is 0 Å². The Morgan fingerprint density at radius 1 is 1.04 bits per heavy atom. The highest BCUT2D eigenvalue weighted by Crippen LogP contribution is 2.19. The van der Waals surface area contributed by atoms with E-state index in [0.717, 1.165) is 16.8 Å². The number of hydrogen-bond donors (Lipinski definition) is 1. The van der Waals surface area contributed by atoms with Crippen molar-refractivity contribution in [2.45, 2.75) is 19.9 Å². The first kappa shape index (κ1) is 15.9. The standard InChI is InChI=1S/C20H19N3O/c1-14(17-9-6-12-21-13-17)23-20(24)18-10-11-19(22-15(18)2)16-7-4-3-5-8-16/h3-14H,1-2H3,(H,23,24). The van der Waals surface area contributed by atoms with Gasteiger partial charge in [-0.25, -0.2) is 0 Å². The van der Waals surface area contributed by atoms with Crippen LogP contribution in [0.5, 0.6) is 0 Å². The zero-order valence-corrected chi connectivity index (χ0v) is 13.7. The Morgan fingerprint density at radius 2 is 1.83 bits per heavy atom. The van der Waals surface area contributed by atoms with Crippen molar-refractivity contribution in [3.8, 4) is 11.3 Å². The number of carbonyl (C=O) groups is 1. The topological polar surface area (TPSA) is 54.9 Å². The SMILES string of the molecule is Cc1nc(-c2ccccc2)ccc1C(=O)NC(C)c1cccnc1. The summed E-state index contributed by atoms with van der Waals surface area (Å²) in [7, 11) is 0. The summed E-state index contributed by atoms with van der Waals surface area (Å²) in [5, 5.41) is 2.99. The molecule has 24 heavy (non-hydrogen) atoms. The molecule has 4 nitrogen and oxygen atoms in total. The summed E-state index contributed by atoms with van der Waals surface area (Å²) < 4.78 is 0. The summed E-state index contributed by atoms with van der Waals surface area (Å²) in [5.74, 6) is -0.129. The van der Waals surface area contributed by atoms with Gasteiger partial charge in [0.1, 0.15) is 0 Å². The number of hydrogen-bond acceptors (Lipinski definition) is 3. The summed E-state index contributed by atoms with van der Waals surface area (Å²) >= 11 is 0. The maximum absolute atomic E-state index is 12.5. The van der Waals surface area contributed by atoms with Gasteiger partial charge in [-0.1, -0.05) is 36.4 Å². The van der Waals surface area contributed by atoms with Crippen LogP contribution in [0.25, 0.3) is 11.3 Å². The van der Waals surface area contributed by atoms with Crippen molar-refractivity contribution in [1.29, 1.82) is 0 Å². The Balaban J connectivity index is 1.78. The molecule has 3 rings (SSSR count). The lowest BCUT2D eigenvalue weighted by atomic mass is 10.1. The number of nitrogens with one attached hydrogen (secondary N) is 1. The molecular weight excluding hydrogens is 298 g/mol. The minimum Gasteiger partial charge on any atom is -0.345 e. The van der Waals surface area contributed by atoms with Crippen LogP contribution in [0.3, 0.4) is 0 Å². The summed E-state index contributed by atoms with van der Waals surface area (Å²) in [4.78, 5) is 21.2. The highest BCUT2D eigenvalue weighted by molar-refractivity contribution is 5.95. The second kappa shape index (κ2) is 7.04. The molecule has 1 atom stereocenters. The second-order valence-corrected chi connectivity index (χ2v) is 5.68. The monoisotopic (exact) mass is 317 g/mol. The summed E-state index contributed by atoms with van der Waals surface area (Å²) in [6, 6.07) is 17.3. The fourth-order valence-electron chi connectivity index (χ4n) is 2.56. The van der Waals surface area contributed by atoms with Crippen LogP contribution in [0.15, 0.2) is 67.0 Å². The maximum atomic E-state index is 12.5. The van der Waals surface area contributed by atoms with Crippen molar-refractivity contribution in [3.05, 3.63) is 83.8 Å². The van der Waals surface area contributed by atoms with Crippen LogP contribution in [-0.2, 0) is 0 Å². The van der Waals surface area contributed by atoms with Crippen molar-refractivity contribution >= 4 is 5.91 Å². The van der Waals surface area contributed by atoms with E-state index in [1.165, 1.54) is 0 Å². The lowest BCUT2D eigenvalue weighted by Crippen LogP contribution is -2.27. The quantitative estimate of drug-likeness (QED) is 0.793. The van der Waals surface area contributed by atoms with E-state index >= 15 is 0 Å². The number of carbonyl (C=O) groups excluding carboxylic acids is 1. The van der Waals surface area contributed by atoms with Gasteiger partial charge in [0.05, 0.1) is 23.0 Å². The van der Waals surface area contributed by atoms with Gasteiger partial charge in [-0.3, -0.25) is 14.8 Å². The van der Waals surface area contributed by atoms with Crippen molar-refractivity contribution in [3.63, 3.8) is 0 Å². The van der Waals surface area contributed by atoms with Gasteiger partial charge in [0, 0.05) is 18.0 Å². The fraction of sp³-hybridized carbons (Fsp3) is 0.150. The van der Waals surface area contributed by atoms with E-state index in [1.54, 1.807) is 12.4 Å². The van der Waals surface area contributed by atoms with E-state index in [0.29, 0.717) is 11.3 Å². The molecule has 1 aromatic carbocycles. The fourth-order valence-corrected chi connectivity index (χ4v) is 2.56. The van der Waals surface area contributed by atoms with Gasteiger partial charge in [0.15, 0.2) is 0 Å². The van der Waals surface area contributed by atoms with E-state index in [4.69, 9.17) is 0 Å². The Kier molecular flexibility index (Phi) is 4.66. The summed E-state index contributed by atoms with van der Waals surface area (Å²) in [5.41, 5.74) is 4.18. The largest absolute Gasteiger partial charge is 0.345 e. The number of rotatable bonds is 4. The van der Waals surface area contributed by atoms with E-state index in [2.05, 4.69) is 15.3 Å². The molecule has 0 fully saturated rings. The molecule has 0 aliphatic heterocycles. The average molecular weight is 317 g/mol. The lowest BCUT2D eigenvalue weighted by molar-refractivity contribution is 0.0939. The molecule has 2 aromatic heterocycles. The molecule has 0 aliphatic rings. The molecule has 1 amide bonds. The molecule has 4 heteroatoms. The minimum atomic E-state index is -0.129. The Morgan fingerprint density at radius 3 is 2.50 bits per heavy atom. The number of aromatic nitrogens is 2. The molecule has 0 saturated heterocycles. The Hall–Kier alpha value is -3.01. The molecule has 120 valence electrons. The zero-order chi connectivity index (χ0) is 16.9. The van der Waals surface area contributed by atoms with Gasteiger partial charge in [0.25, 0.3) is 5.91 Å². The number of amides is 1. The zero-order valence-electron chi connectivity index (χ0n) is 13.7. The summed E-state index contributed by atoms with van der Waals surface area (Å²) in [6.45, 7) is 3.80. The summed E-state index contributed by atoms with van der Waals surface area (Å²) in [6.07, 6.45) is 3.48. The van der Waals surface area contributed by atoms with Crippen molar-refractivity contribution in [2.24, 2.45) is 0 Å². The number of nitrogens with zero attached hydrogens (tertiary/aromatic N) is 2. The average Bonchev–Trinajstić information content (AvgIpc) is 2.63. The molecular formula is C20H19N3O. The van der Waals surface area contributed by atoms with Crippen molar-refractivity contribution in [1.82, 2.24) is 15.3 Å². The molecule has 0 aliphatic carbocycles. The smallest absolute Gasteiger partial charge is 0.253 e. The van der Waals surface area contributed by atoms with E-state index < -0.39 is 0 Å². The molecule has 0 radical (unpaired) electrons. The predicted octanol–water partition coefficient (Wildman–Crippen LogP) is 3.94. The first-order valence-corrected chi connectivity index (χ1v) is 7.89. The minimum absolute atomic E-state index is 0.112. The van der Waals surface area contributed by atoms with Gasteiger partial charge < -0.3 is 5.32 Å². The molecule has 0 bridgehead atoms. The van der Waals surface area contributed by atoms with E-state index in [-0.39, 0.29) is 11.9 Å². The van der Waals surface area contributed by atoms with Crippen LogP contribution in [0.2, 0.25) is 0 Å². The molecule has 0 saturated carbocycles. The van der Waals surface area contributed by atoms with Crippen molar-refractivity contribution in [2.75, 3.05) is 0 Å². The maximum Gasteiger partial charge on any atom is 0.253 e. The lowest BCUT2D eigenvalue weighted by Gasteiger charge is -2.15. The molecule has 1 N–H and O–H groups in total. The van der Waals surface area contributed by atoms with Crippen LogP contribution < -0.4 is 5.32 Å².